The molecule has 0 spiro atoms. The molecule has 0 radical (unpaired) electrons. The molecule has 0 unspecified atom stereocenters. The maximum absolute atomic E-state index is 12.2. The molecule has 0 fully saturated rings. The zero-order chi connectivity index (χ0) is 26.6. The van der Waals surface area contributed by atoms with Crippen LogP contribution >= 0.6 is 0 Å². The van der Waals surface area contributed by atoms with E-state index in [1.54, 1.807) is 36.4 Å². The molecule has 10 nitrogen and oxygen atoms in total. The van der Waals surface area contributed by atoms with Gasteiger partial charge in [-0.15, -0.1) is 0 Å². The number of nitrogens with one attached hydrogen (secondary N) is 3. The van der Waals surface area contributed by atoms with Crippen molar-refractivity contribution >= 4 is 29.6 Å². The minimum atomic E-state index is -0.961. The van der Waals surface area contributed by atoms with Crippen molar-refractivity contribution in [3.8, 4) is 17.2 Å². The SMILES string of the molecule is COc1ccc(OC)c(NC(=O)C(=O)N/N=C\c2ccc(OCC(=O)N[C@@H](C)c3ccccc3)cc2)c1. The highest BCUT2D eigenvalue weighted by Crippen LogP contribution is 2.28. The zero-order valence-electron chi connectivity index (χ0n) is 20.7. The van der Waals surface area contributed by atoms with Crippen LogP contribution in [0.1, 0.15) is 24.1 Å². The van der Waals surface area contributed by atoms with Crippen molar-refractivity contribution in [1.82, 2.24) is 10.7 Å². The van der Waals surface area contributed by atoms with E-state index >= 15 is 0 Å². The molecule has 0 heterocycles. The lowest BCUT2D eigenvalue weighted by molar-refractivity contribution is -0.136. The third-order valence-electron chi connectivity index (χ3n) is 5.17. The summed E-state index contributed by atoms with van der Waals surface area (Å²) >= 11 is 0. The Labute approximate surface area is 214 Å². The Kier molecular flexibility index (Phi) is 9.60. The number of rotatable bonds is 10. The van der Waals surface area contributed by atoms with Gasteiger partial charge in [-0.05, 0) is 54.4 Å². The summed E-state index contributed by atoms with van der Waals surface area (Å²) in [5.74, 6) is -0.769. The molecule has 1 atom stereocenters. The zero-order valence-corrected chi connectivity index (χ0v) is 20.7. The Morgan fingerprint density at radius 3 is 2.27 bits per heavy atom. The lowest BCUT2D eigenvalue weighted by atomic mass is 10.1. The number of benzene rings is 3. The lowest BCUT2D eigenvalue weighted by Gasteiger charge is -2.14. The van der Waals surface area contributed by atoms with E-state index in [9.17, 15) is 14.4 Å². The second kappa shape index (κ2) is 13.3. The Balaban J connectivity index is 1.45. The molecule has 10 heteroatoms. The molecule has 0 aliphatic carbocycles. The van der Waals surface area contributed by atoms with Gasteiger partial charge in [-0.3, -0.25) is 14.4 Å². The molecule has 0 aliphatic heterocycles. The summed E-state index contributed by atoms with van der Waals surface area (Å²) < 4.78 is 15.8. The van der Waals surface area contributed by atoms with Crippen LogP contribution in [0.3, 0.4) is 0 Å². The molecule has 0 aromatic heterocycles. The van der Waals surface area contributed by atoms with Gasteiger partial charge in [0.2, 0.25) is 0 Å². The number of amides is 3. The molecule has 3 aromatic carbocycles. The topological polar surface area (TPSA) is 127 Å². The standard InChI is InChI=1S/C27H28N4O6/c1-18(20-7-5-4-6-8-20)29-25(32)17-37-21-11-9-19(10-12-21)16-28-31-27(34)26(33)30-23-15-22(35-2)13-14-24(23)36-3/h4-16,18H,17H2,1-3H3,(H,29,32)(H,30,33)(H,31,34)/b28-16-/t18-/m0/s1. The van der Waals surface area contributed by atoms with Gasteiger partial charge < -0.3 is 24.8 Å². The van der Waals surface area contributed by atoms with Crippen molar-refractivity contribution in [2.45, 2.75) is 13.0 Å². The quantitative estimate of drug-likeness (QED) is 0.221. The van der Waals surface area contributed by atoms with E-state index in [4.69, 9.17) is 14.2 Å². The molecule has 0 saturated heterocycles. The second-order valence-electron chi connectivity index (χ2n) is 7.78. The van der Waals surface area contributed by atoms with Crippen LogP contribution in [0.25, 0.3) is 0 Å². The summed E-state index contributed by atoms with van der Waals surface area (Å²) in [6.45, 7) is 1.77. The summed E-state index contributed by atoms with van der Waals surface area (Å²) in [5, 5.41) is 9.14. The maximum atomic E-state index is 12.2. The number of carbonyl (C=O) groups is 3. The molecule has 192 valence electrons. The monoisotopic (exact) mass is 504 g/mol. The normalized spacial score (nSPS) is 11.3. The van der Waals surface area contributed by atoms with Crippen molar-refractivity contribution in [3.05, 3.63) is 83.9 Å². The molecule has 3 N–H and O–H groups in total. The molecule has 0 aliphatic rings. The highest BCUT2D eigenvalue weighted by atomic mass is 16.5. The van der Waals surface area contributed by atoms with Crippen LogP contribution < -0.4 is 30.3 Å². The first kappa shape index (κ1) is 26.7. The first-order chi connectivity index (χ1) is 17.9. The molecule has 3 aromatic rings. The Morgan fingerprint density at radius 2 is 1.59 bits per heavy atom. The Morgan fingerprint density at radius 1 is 0.892 bits per heavy atom. The van der Waals surface area contributed by atoms with Crippen LogP contribution in [0.4, 0.5) is 5.69 Å². The van der Waals surface area contributed by atoms with E-state index in [1.165, 1.54) is 26.5 Å². The van der Waals surface area contributed by atoms with Crippen molar-refractivity contribution < 1.29 is 28.6 Å². The van der Waals surface area contributed by atoms with Gasteiger partial charge in [-0.2, -0.15) is 5.10 Å². The van der Waals surface area contributed by atoms with Crippen molar-refractivity contribution in [2.24, 2.45) is 5.10 Å². The molecule has 0 bridgehead atoms. The van der Waals surface area contributed by atoms with Gasteiger partial charge in [0.15, 0.2) is 6.61 Å². The maximum Gasteiger partial charge on any atom is 0.329 e. The number of anilines is 1. The van der Waals surface area contributed by atoms with E-state index in [0.29, 0.717) is 22.8 Å². The van der Waals surface area contributed by atoms with E-state index in [-0.39, 0.29) is 24.2 Å². The molecule has 37 heavy (non-hydrogen) atoms. The van der Waals surface area contributed by atoms with Crippen LogP contribution in [0, 0.1) is 0 Å². The first-order valence-corrected chi connectivity index (χ1v) is 11.3. The summed E-state index contributed by atoms with van der Waals surface area (Å²) in [5.41, 5.74) is 4.09. The highest BCUT2D eigenvalue weighted by molar-refractivity contribution is 6.39. The fourth-order valence-corrected chi connectivity index (χ4v) is 3.21. The molecule has 0 saturated carbocycles. The fourth-order valence-electron chi connectivity index (χ4n) is 3.21. The molecule has 3 rings (SSSR count). The molecular weight excluding hydrogens is 476 g/mol. The first-order valence-electron chi connectivity index (χ1n) is 11.3. The summed E-state index contributed by atoms with van der Waals surface area (Å²) in [6.07, 6.45) is 1.37. The van der Waals surface area contributed by atoms with Crippen molar-refractivity contribution in [2.75, 3.05) is 26.1 Å². The van der Waals surface area contributed by atoms with Crippen molar-refractivity contribution in [1.29, 1.82) is 0 Å². The number of hydrogen-bond donors (Lipinski definition) is 3. The number of hydrazone groups is 1. The third-order valence-corrected chi connectivity index (χ3v) is 5.17. The predicted molar refractivity (Wildman–Crippen MR) is 139 cm³/mol. The van der Waals surface area contributed by atoms with Gasteiger partial charge in [0.1, 0.15) is 17.2 Å². The summed E-state index contributed by atoms with van der Waals surface area (Å²) in [6, 6.07) is 21.0. The number of methoxy groups -OCH3 is 2. The largest absolute Gasteiger partial charge is 0.497 e. The van der Waals surface area contributed by atoms with Crippen LogP contribution in [0.5, 0.6) is 17.2 Å². The minimum absolute atomic E-state index is 0.131. The molecular formula is C27H28N4O6. The smallest absolute Gasteiger partial charge is 0.329 e. The minimum Gasteiger partial charge on any atom is -0.497 e. The fraction of sp³-hybridized carbons (Fsp3) is 0.185. The highest BCUT2D eigenvalue weighted by Gasteiger charge is 2.16. The van der Waals surface area contributed by atoms with Crippen LogP contribution in [0.2, 0.25) is 0 Å². The average molecular weight is 505 g/mol. The number of nitrogens with zero attached hydrogens (tertiary/aromatic N) is 1. The molecule has 3 amide bonds. The second-order valence-corrected chi connectivity index (χ2v) is 7.78. The lowest BCUT2D eigenvalue weighted by Crippen LogP contribution is -2.32. The Bertz CT molecular complexity index is 1250. The van der Waals surface area contributed by atoms with Gasteiger partial charge in [0, 0.05) is 6.07 Å². The van der Waals surface area contributed by atoms with E-state index in [2.05, 4.69) is 21.2 Å². The summed E-state index contributed by atoms with van der Waals surface area (Å²) in [4.78, 5) is 36.5. The van der Waals surface area contributed by atoms with Gasteiger partial charge in [0.25, 0.3) is 5.91 Å². The Hall–Kier alpha value is -4.86. The number of hydrogen-bond acceptors (Lipinski definition) is 7. The number of carbonyl (C=O) groups excluding carboxylic acids is 3. The van der Waals surface area contributed by atoms with Crippen LogP contribution in [-0.2, 0) is 14.4 Å². The van der Waals surface area contributed by atoms with Crippen LogP contribution in [-0.4, -0.2) is 44.8 Å². The van der Waals surface area contributed by atoms with E-state index < -0.39 is 11.8 Å². The third kappa shape index (κ3) is 8.10. The van der Waals surface area contributed by atoms with Gasteiger partial charge in [-0.1, -0.05) is 30.3 Å². The van der Waals surface area contributed by atoms with Gasteiger partial charge in [0.05, 0.1) is 32.2 Å². The van der Waals surface area contributed by atoms with E-state index in [1.807, 2.05) is 37.3 Å². The predicted octanol–water partition coefficient (Wildman–Crippen LogP) is 3.05. The van der Waals surface area contributed by atoms with Gasteiger partial charge >= 0.3 is 11.8 Å². The number of ether oxygens (including phenoxy) is 3. The summed E-state index contributed by atoms with van der Waals surface area (Å²) in [7, 11) is 2.93. The van der Waals surface area contributed by atoms with Crippen molar-refractivity contribution in [3.63, 3.8) is 0 Å². The average Bonchev–Trinajstić information content (AvgIpc) is 2.92. The van der Waals surface area contributed by atoms with Gasteiger partial charge in [-0.25, -0.2) is 5.43 Å². The van der Waals surface area contributed by atoms with E-state index in [0.717, 1.165) is 5.56 Å². The van der Waals surface area contributed by atoms with Crippen LogP contribution in [0.15, 0.2) is 77.9 Å².